The third kappa shape index (κ3) is 1.66. The fourth-order valence-corrected chi connectivity index (χ4v) is 1.04. The average molecular weight is 182 g/mol. The maximum atomic E-state index is 5.79. The average Bonchev–Trinajstić information content (AvgIpc) is 2.03. The van der Waals surface area contributed by atoms with Gasteiger partial charge in [0.1, 0.15) is 5.69 Å². The van der Waals surface area contributed by atoms with Crippen LogP contribution < -0.4 is 4.90 Å². The van der Waals surface area contributed by atoms with E-state index in [4.69, 9.17) is 18.0 Å². The maximum Gasteiger partial charge on any atom is 0.172 e. The molecule has 12 heavy (non-hydrogen) atoms. The summed E-state index contributed by atoms with van der Waals surface area (Å²) in [5.41, 5.74) is 0.450. The van der Waals surface area contributed by atoms with E-state index in [1.807, 2.05) is 14.1 Å². The third-order valence-corrected chi connectivity index (χ3v) is 1.54. The van der Waals surface area contributed by atoms with Crippen LogP contribution in [0.3, 0.4) is 0 Å². The first-order chi connectivity index (χ1) is 5.65. The zero-order valence-corrected chi connectivity index (χ0v) is 7.63. The van der Waals surface area contributed by atoms with Gasteiger partial charge in [0.05, 0.1) is 6.20 Å². The van der Waals surface area contributed by atoms with Crippen LogP contribution in [0.5, 0.6) is 0 Å². The number of aromatic nitrogens is 2. The van der Waals surface area contributed by atoms with Crippen molar-refractivity contribution in [3.63, 3.8) is 0 Å². The Morgan fingerprint density at radius 3 is 2.67 bits per heavy atom. The van der Waals surface area contributed by atoms with E-state index in [-0.39, 0.29) is 0 Å². The van der Waals surface area contributed by atoms with Crippen molar-refractivity contribution in [2.45, 2.75) is 0 Å². The van der Waals surface area contributed by atoms with Crippen molar-refractivity contribution in [3.05, 3.63) is 17.0 Å². The summed E-state index contributed by atoms with van der Waals surface area (Å²) in [4.78, 5) is 9.75. The van der Waals surface area contributed by atoms with Gasteiger partial charge in [-0.05, 0) is 5.92 Å². The Hall–Kier alpha value is -1.27. The van der Waals surface area contributed by atoms with E-state index >= 15 is 0 Å². The van der Waals surface area contributed by atoms with E-state index in [2.05, 4.69) is 15.9 Å². The SMILES string of the molecule is C#Cc1cnc(N(C)C)c(Cl)n1. The molecular formula is C8H8ClN3. The molecule has 62 valence electrons. The maximum absolute atomic E-state index is 5.79. The van der Waals surface area contributed by atoms with E-state index < -0.39 is 0 Å². The van der Waals surface area contributed by atoms with Gasteiger partial charge in [0.2, 0.25) is 0 Å². The van der Waals surface area contributed by atoms with E-state index in [0.717, 1.165) is 0 Å². The molecule has 0 saturated heterocycles. The molecule has 4 heteroatoms. The molecule has 0 aromatic carbocycles. The van der Waals surface area contributed by atoms with Crippen LogP contribution in [0, 0.1) is 12.3 Å². The molecule has 3 nitrogen and oxygen atoms in total. The Morgan fingerprint density at radius 2 is 2.25 bits per heavy atom. The number of hydrogen-bond acceptors (Lipinski definition) is 3. The molecule has 0 atom stereocenters. The first-order valence-corrected chi connectivity index (χ1v) is 3.69. The molecule has 0 N–H and O–H groups in total. The Balaban J connectivity index is 3.14. The van der Waals surface area contributed by atoms with E-state index in [1.165, 1.54) is 6.20 Å². The lowest BCUT2D eigenvalue weighted by molar-refractivity contribution is 1.03. The van der Waals surface area contributed by atoms with Crippen molar-refractivity contribution in [3.8, 4) is 12.3 Å². The van der Waals surface area contributed by atoms with Crippen LogP contribution in [0.25, 0.3) is 0 Å². The summed E-state index contributed by atoms with van der Waals surface area (Å²) in [5, 5.41) is 0.329. The van der Waals surface area contributed by atoms with E-state index in [9.17, 15) is 0 Å². The van der Waals surface area contributed by atoms with Gasteiger partial charge < -0.3 is 4.90 Å². The van der Waals surface area contributed by atoms with E-state index in [0.29, 0.717) is 16.7 Å². The molecule has 0 fully saturated rings. The molecule has 0 amide bonds. The summed E-state index contributed by atoms with van der Waals surface area (Å²) in [6, 6.07) is 0. The van der Waals surface area contributed by atoms with Gasteiger partial charge in [0.15, 0.2) is 11.0 Å². The van der Waals surface area contributed by atoms with Gasteiger partial charge in [-0.2, -0.15) is 0 Å². The summed E-state index contributed by atoms with van der Waals surface area (Å²) in [7, 11) is 3.68. The molecule has 0 saturated carbocycles. The summed E-state index contributed by atoms with van der Waals surface area (Å²) >= 11 is 5.79. The Morgan fingerprint density at radius 1 is 1.58 bits per heavy atom. The lowest BCUT2D eigenvalue weighted by Crippen LogP contribution is -2.12. The van der Waals surface area contributed by atoms with Crippen molar-refractivity contribution >= 4 is 17.4 Å². The van der Waals surface area contributed by atoms with Crippen molar-refractivity contribution in [1.29, 1.82) is 0 Å². The van der Waals surface area contributed by atoms with Crippen LogP contribution in [0.2, 0.25) is 5.15 Å². The molecule has 1 aromatic rings. The number of hydrogen-bond donors (Lipinski definition) is 0. The summed E-state index contributed by atoms with van der Waals surface area (Å²) < 4.78 is 0. The zero-order valence-electron chi connectivity index (χ0n) is 6.87. The molecule has 0 aliphatic heterocycles. The van der Waals surface area contributed by atoms with Crippen LogP contribution in [-0.2, 0) is 0 Å². The topological polar surface area (TPSA) is 29.0 Å². The molecule has 0 bridgehead atoms. The first-order valence-electron chi connectivity index (χ1n) is 3.31. The largest absolute Gasteiger partial charge is 0.360 e. The predicted octanol–water partition coefficient (Wildman–Crippen LogP) is 1.18. The van der Waals surface area contributed by atoms with Gasteiger partial charge >= 0.3 is 0 Å². The highest BCUT2D eigenvalue weighted by molar-refractivity contribution is 6.31. The van der Waals surface area contributed by atoms with Crippen LogP contribution in [-0.4, -0.2) is 24.1 Å². The fraction of sp³-hybridized carbons (Fsp3) is 0.250. The molecule has 0 spiro atoms. The molecule has 0 aliphatic rings. The number of rotatable bonds is 1. The molecule has 1 heterocycles. The highest BCUT2D eigenvalue weighted by atomic mass is 35.5. The van der Waals surface area contributed by atoms with E-state index in [1.54, 1.807) is 4.90 Å². The van der Waals surface area contributed by atoms with Crippen LogP contribution in [0.1, 0.15) is 5.69 Å². The second-order valence-corrected chi connectivity index (χ2v) is 2.77. The molecule has 0 aliphatic carbocycles. The monoisotopic (exact) mass is 181 g/mol. The molecule has 1 rings (SSSR count). The lowest BCUT2D eigenvalue weighted by Gasteiger charge is -2.11. The summed E-state index contributed by atoms with van der Waals surface area (Å²) in [6.07, 6.45) is 6.64. The highest BCUT2D eigenvalue weighted by Gasteiger charge is 2.05. The van der Waals surface area contributed by atoms with Crippen LogP contribution in [0.4, 0.5) is 5.82 Å². The van der Waals surface area contributed by atoms with Crippen molar-refractivity contribution < 1.29 is 0 Å². The molecular weight excluding hydrogens is 174 g/mol. The summed E-state index contributed by atoms with van der Waals surface area (Å²) in [5.74, 6) is 2.98. The van der Waals surface area contributed by atoms with Gasteiger partial charge in [-0.3, -0.25) is 0 Å². The van der Waals surface area contributed by atoms with Gasteiger partial charge in [0, 0.05) is 14.1 Å². The number of terminal acetylenes is 1. The van der Waals surface area contributed by atoms with Gasteiger partial charge in [-0.1, -0.05) is 11.6 Å². The molecule has 1 aromatic heterocycles. The summed E-state index contributed by atoms with van der Waals surface area (Å²) in [6.45, 7) is 0. The minimum atomic E-state index is 0.329. The standard InChI is InChI=1S/C8H8ClN3/c1-4-6-5-10-8(12(2)3)7(9)11-6/h1,5H,2-3H3. The smallest absolute Gasteiger partial charge is 0.172 e. The van der Waals surface area contributed by atoms with Crippen molar-refractivity contribution in [1.82, 2.24) is 9.97 Å². The normalized spacial score (nSPS) is 9.17. The Kier molecular flexibility index (Phi) is 2.51. The Bertz CT molecular complexity index is 328. The molecule has 0 unspecified atom stereocenters. The lowest BCUT2D eigenvalue weighted by atomic mass is 10.4. The fourth-order valence-electron chi connectivity index (χ4n) is 0.730. The second-order valence-electron chi connectivity index (χ2n) is 2.41. The van der Waals surface area contributed by atoms with Crippen LogP contribution >= 0.6 is 11.6 Å². The van der Waals surface area contributed by atoms with Gasteiger partial charge in [-0.15, -0.1) is 6.42 Å². The molecule has 0 radical (unpaired) electrons. The highest BCUT2D eigenvalue weighted by Crippen LogP contribution is 2.17. The number of nitrogens with zero attached hydrogens (tertiary/aromatic N) is 3. The number of halogens is 1. The minimum Gasteiger partial charge on any atom is -0.360 e. The number of anilines is 1. The Labute approximate surface area is 76.4 Å². The quantitative estimate of drug-likeness (QED) is 0.610. The van der Waals surface area contributed by atoms with Crippen LogP contribution in [0.15, 0.2) is 6.20 Å². The third-order valence-electron chi connectivity index (χ3n) is 1.28. The van der Waals surface area contributed by atoms with Gasteiger partial charge in [0.25, 0.3) is 0 Å². The van der Waals surface area contributed by atoms with Crippen molar-refractivity contribution in [2.24, 2.45) is 0 Å². The zero-order chi connectivity index (χ0) is 9.14. The second kappa shape index (κ2) is 3.42. The minimum absolute atomic E-state index is 0.329. The predicted molar refractivity (Wildman–Crippen MR) is 49.3 cm³/mol. The first kappa shape index (κ1) is 8.82. The van der Waals surface area contributed by atoms with Gasteiger partial charge in [-0.25, -0.2) is 9.97 Å². The van der Waals surface area contributed by atoms with Crippen molar-refractivity contribution in [2.75, 3.05) is 19.0 Å².